The third-order valence-electron chi connectivity index (χ3n) is 12.8. The van der Waals surface area contributed by atoms with E-state index < -0.39 is 26.8 Å². The quantitative estimate of drug-likeness (QED) is 0.437. The van der Waals surface area contributed by atoms with E-state index in [0.717, 1.165) is 37.8 Å². The van der Waals surface area contributed by atoms with Crippen molar-refractivity contribution in [1.82, 2.24) is 14.5 Å². The number of aryl methyl sites for hydroxylation is 1. The summed E-state index contributed by atoms with van der Waals surface area (Å²) in [5, 5.41) is 12.6. The molecule has 3 heterocycles. The van der Waals surface area contributed by atoms with Crippen molar-refractivity contribution in [3.8, 4) is 18.1 Å². The number of fused-ring (bicyclic) bond motifs is 4. The normalized spacial score (nSPS) is 32.4. The van der Waals surface area contributed by atoms with Crippen molar-refractivity contribution in [3.05, 3.63) is 58.1 Å². The number of β-amino-alcohol motifs (C(OH)–C–C–N with tert-alkyl or cyclic N) is 1. The molecule has 1 saturated carbocycles. The molecule has 1 saturated heterocycles. The second-order valence-corrected chi connectivity index (χ2v) is 18.6. The van der Waals surface area contributed by atoms with Crippen LogP contribution in [0.2, 0.25) is 5.02 Å². The van der Waals surface area contributed by atoms with Crippen molar-refractivity contribution < 1.29 is 27.9 Å². The minimum absolute atomic E-state index is 0.0248. The number of nitrogens with zero attached hydrogens (tertiary/aromatic N) is 3. The zero-order valence-corrected chi connectivity index (χ0v) is 31.9. The number of rotatable bonds is 3. The van der Waals surface area contributed by atoms with E-state index in [-0.39, 0.29) is 47.7 Å². The molecule has 2 amide bonds. The molecule has 2 bridgehead atoms. The minimum Gasteiger partial charge on any atom is -0.490 e. The molecule has 0 unspecified atom stereocenters. The third-order valence-corrected chi connectivity index (χ3v) is 15.0. The first-order valence-corrected chi connectivity index (χ1v) is 20.8. The first kappa shape index (κ1) is 37.0. The molecule has 6 atom stereocenters. The monoisotopic (exact) mass is 750 g/mol. The number of hydrogen-bond donors (Lipinski definition) is 2. The van der Waals surface area contributed by atoms with Gasteiger partial charge in [0.15, 0.2) is 0 Å². The average Bonchev–Trinajstić information content (AvgIpc) is 3.23. The van der Waals surface area contributed by atoms with Crippen molar-refractivity contribution in [1.29, 1.82) is 0 Å². The van der Waals surface area contributed by atoms with Crippen LogP contribution in [0, 0.1) is 30.1 Å². The molecular weight excluding hydrogens is 700 g/mol. The Bertz CT molecular complexity index is 1870. The summed E-state index contributed by atoms with van der Waals surface area (Å²) in [6.07, 6.45) is 11.8. The Morgan fingerprint density at radius 1 is 1.08 bits per heavy atom. The number of benzene rings is 2. The van der Waals surface area contributed by atoms with Gasteiger partial charge >= 0.3 is 0 Å². The van der Waals surface area contributed by atoms with Gasteiger partial charge in [-0.3, -0.25) is 14.5 Å². The van der Waals surface area contributed by atoms with Crippen LogP contribution in [0.4, 0.5) is 5.69 Å². The smallest absolute Gasteiger partial charge is 0.264 e. The number of hydrogen-bond acceptors (Lipinski definition) is 8. The second-order valence-electron chi connectivity index (χ2n) is 16.1. The highest BCUT2D eigenvalue weighted by atomic mass is 35.5. The van der Waals surface area contributed by atoms with E-state index in [1.807, 2.05) is 13.0 Å². The Hall–Kier alpha value is -3.30. The van der Waals surface area contributed by atoms with Crippen LogP contribution < -0.4 is 14.4 Å². The molecule has 52 heavy (non-hydrogen) atoms. The standard InChI is InChI=1S/C40H51ClN4O6S/c1-4-17-44-19-18-43(23-37(44)46)25-40(48)16-5-7-27(2)28(3)52(49,50)42-38(47)30-10-14-36-35(21-30)45(22-31-9-12-34(31)40)24-39(26-51-36)15-6-8-29-20-32(41)11-13-33(29)39/h1,10-11,13-14,20-21,27-28,31,34,48H,5-9,12,15-19,22-26H2,2-3H3,(H,42,47)/t27-,28+,31-,34+,39-,40-/m0/s1. The van der Waals surface area contributed by atoms with Crippen LogP contribution in [0.5, 0.6) is 5.75 Å². The van der Waals surface area contributed by atoms with Gasteiger partial charge in [-0.05, 0) is 111 Å². The van der Waals surface area contributed by atoms with Crippen LogP contribution >= 0.6 is 11.6 Å². The molecule has 1 spiro atoms. The molecule has 0 radical (unpaired) electrons. The number of nitrogens with one attached hydrogen (secondary N) is 1. The lowest BCUT2D eigenvalue weighted by Crippen LogP contribution is -2.60. The van der Waals surface area contributed by atoms with Crippen LogP contribution in [-0.2, 0) is 26.7 Å². The Labute approximate surface area is 313 Å². The highest BCUT2D eigenvalue weighted by Gasteiger charge is 2.50. The molecule has 2 aliphatic carbocycles. The molecule has 2 aromatic rings. The molecule has 10 nitrogen and oxygen atoms in total. The van der Waals surface area contributed by atoms with Crippen LogP contribution in [0.3, 0.4) is 0 Å². The molecular formula is C40H51ClN4O6S. The van der Waals surface area contributed by atoms with Gasteiger partial charge in [-0.15, -0.1) is 6.42 Å². The predicted octanol–water partition coefficient (Wildman–Crippen LogP) is 4.62. The summed E-state index contributed by atoms with van der Waals surface area (Å²) < 4.78 is 36.0. The van der Waals surface area contributed by atoms with E-state index in [2.05, 4.69) is 32.6 Å². The van der Waals surface area contributed by atoms with Crippen LogP contribution in [0.15, 0.2) is 36.4 Å². The summed E-state index contributed by atoms with van der Waals surface area (Å²) in [4.78, 5) is 32.7. The summed E-state index contributed by atoms with van der Waals surface area (Å²) in [6, 6.07) is 11.3. The first-order chi connectivity index (χ1) is 24.8. The van der Waals surface area contributed by atoms with E-state index >= 15 is 0 Å². The van der Waals surface area contributed by atoms with Crippen LogP contribution in [-0.4, -0.2) is 98.4 Å². The van der Waals surface area contributed by atoms with Gasteiger partial charge in [0.2, 0.25) is 15.9 Å². The van der Waals surface area contributed by atoms with Gasteiger partial charge < -0.3 is 19.6 Å². The van der Waals surface area contributed by atoms with Gasteiger partial charge in [-0.2, -0.15) is 0 Å². The summed E-state index contributed by atoms with van der Waals surface area (Å²) in [5.74, 6) is 2.41. The highest BCUT2D eigenvalue weighted by Crippen LogP contribution is 2.49. The molecule has 280 valence electrons. The van der Waals surface area contributed by atoms with Gasteiger partial charge in [-0.25, -0.2) is 13.1 Å². The molecule has 12 heteroatoms. The molecule has 0 aromatic heterocycles. The average molecular weight is 751 g/mol. The number of carbonyl (C=O) groups excluding carboxylic acids is 2. The largest absolute Gasteiger partial charge is 0.490 e. The van der Waals surface area contributed by atoms with Crippen molar-refractivity contribution in [2.75, 3.05) is 57.3 Å². The summed E-state index contributed by atoms with van der Waals surface area (Å²) in [5.41, 5.74) is 2.05. The number of piperazine rings is 1. The van der Waals surface area contributed by atoms with E-state index in [9.17, 15) is 23.1 Å². The first-order valence-electron chi connectivity index (χ1n) is 18.8. The van der Waals surface area contributed by atoms with Crippen molar-refractivity contribution >= 4 is 39.1 Å². The Balaban J connectivity index is 1.26. The van der Waals surface area contributed by atoms with Gasteiger partial charge in [0.25, 0.3) is 5.91 Å². The lowest BCUT2D eigenvalue weighted by atomic mass is 9.62. The SMILES string of the molecule is C#CCN1CCN(C[C@@]2(O)CCC[C@H](C)[C@@H](C)S(=O)(=O)NC(=O)c3ccc4c(c3)N(C[C@@H]3CC[C@H]32)C[C@@]2(CCCc3cc(Cl)ccc32)CO4)CC1=O. The van der Waals surface area contributed by atoms with Crippen molar-refractivity contribution in [3.63, 3.8) is 0 Å². The number of sulfonamides is 1. The lowest BCUT2D eigenvalue weighted by molar-refractivity contribution is -0.141. The molecule has 2 N–H and O–H groups in total. The number of ether oxygens (including phenoxy) is 1. The maximum atomic E-state index is 13.6. The van der Waals surface area contributed by atoms with E-state index in [1.165, 1.54) is 11.1 Å². The zero-order valence-electron chi connectivity index (χ0n) is 30.3. The fraction of sp³-hybridized carbons (Fsp3) is 0.600. The molecule has 7 rings (SSSR count). The lowest BCUT2D eigenvalue weighted by Gasteiger charge is -2.52. The fourth-order valence-electron chi connectivity index (χ4n) is 9.52. The van der Waals surface area contributed by atoms with E-state index in [4.69, 9.17) is 22.8 Å². The van der Waals surface area contributed by atoms with Crippen LogP contribution in [0.1, 0.15) is 80.3 Å². The summed E-state index contributed by atoms with van der Waals surface area (Å²) in [6.45, 7) is 7.26. The summed E-state index contributed by atoms with van der Waals surface area (Å²) >= 11 is 6.46. The molecule has 2 fully saturated rings. The number of anilines is 1. The number of carbonyl (C=O) groups is 2. The van der Waals surface area contributed by atoms with Crippen molar-refractivity contribution in [2.24, 2.45) is 17.8 Å². The second kappa shape index (κ2) is 14.5. The zero-order chi connectivity index (χ0) is 36.8. The number of halogens is 1. The van der Waals surface area contributed by atoms with Crippen molar-refractivity contribution in [2.45, 2.75) is 81.5 Å². The van der Waals surface area contributed by atoms with Crippen LogP contribution in [0.25, 0.3) is 0 Å². The molecule has 3 aliphatic heterocycles. The maximum absolute atomic E-state index is 13.6. The highest BCUT2D eigenvalue weighted by molar-refractivity contribution is 7.90. The van der Waals surface area contributed by atoms with Gasteiger partial charge in [-0.1, -0.05) is 36.9 Å². The Kier molecular flexibility index (Phi) is 10.3. The maximum Gasteiger partial charge on any atom is 0.264 e. The fourth-order valence-corrected chi connectivity index (χ4v) is 11.0. The molecule has 5 aliphatic rings. The summed E-state index contributed by atoms with van der Waals surface area (Å²) in [7, 11) is -3.99. The third kappa shape index (κ3) is 7.16. The van der Waals surface area contributed by atoms with Gasteiger partial charge in [0, 0.05) is 48.7 Å². The minimum atomic E-state index is -3.99. The van der Waals surface area contributed by atoms with Gasteiger partial charge in [0.1, 0.15) is 5.75 Å². The molecule has 2 aromatic carbocycles. The number of terminal acetylenes is 1. The topological polar surface area (TPSA) is 119 Å². The Morgan fingerprint density at radius 3 is 2.65 bits per heavy atom. The van der Waals surface area contributed by atoms with E-state index in [1.54, 1.807) is 30.0 Å². The number of aliphatic hydroxyl groups is 1. The predicted molar refractivity (Wildman–Crippen MR) is 202 cm³/mol. The number of amides is 2. The van der Waals surface area contributed by atoms with Gasteiger partial charge in [0.05, 0.1) is 36.2 Å². The Morgan fingerprint density at radius 2 is 1.90 bits per heavy atom. The van der Waals surface area contributed by atoms with E-state index in [0.29, 0.717) is 69.4 Å².